The molecule has 0 fully saturated rings. The third-order valence-electron chi connectivity index (χ3n) is 2.29. The highest BCUT2D eigenvalue weighted by Crippen LogP contribution is 2.26. The molecule has 0 aliphatic carbocycles. The van der Waals surface area contributed by atoms with Crippen LogP contribution >= 0.6 is 0 Å². The maximum atomic E-state index is 4.24. The van der Waals surface area contributed by atoms with Crippen LogP contribution in [0, 0.1) is 0 Å². The summed E-state index contributed by atoms with van der Waals surface area (Å²) in [7, 11) is 0. The van der Waals surface area contributed by atoms with E-state index in [1.165, 1.54) is 0 Å². The van der Waals surface area contributed by atoms with Crippen molar-refractivity contribution in [1.82, 2.24) is 25.4 Å². The van der Waals surface area contributed by atoms with Crippen LogP contribution in [0.1, 0.15) is 0 Å². The second-order valence-electron chi connectivity index (χ2n) is 3.47. The van der Waals surface area contributed by atoms with Gasteiger partial charge in [0, 0.05) is 24.7 Å². The maximum absolute atomic E-state index is 4.24. The van der Waals surface area contributed by atoms with Crippen LogP contribution in [0.2, 0.25) is 0 Å². The summed E-state index contributed by atoms with van der Waals surface area (Å²) in [5.74, 6) is 0.988. The summed E-state index contributed by atoms with van der Waals surface area (Å²) < 4.78 is 0. The van der Waals surface area contributed by atoms with Crippen LogP contribution in [0.15, 0.2) is 53.1 Å². The smallest absolute Gasteiger partial charge is 0.204 e. The van der Waals surface area contributed by atoms with Crippen molar-refractivity contribution in [3.63, 3.8) is 0 Å². The predicted molar refractivity (Wildman–Crippen MR) is 64.6 cm³/mol. The van der Waals surface area contributed by atoms with Crippen molar-refractivity contribution in [2.75, 3.05) is 0 Å². The number of aromatic nitrogens is 5. The fourth-order valence-corrected chi connectivity index (χ4v) is 1.48. The Balaban J connectivity index is 1.93. The fourth-order valence-electron chi connectivity index (χ4n) is 1.48. The molecule has 88 valence electrons. The molecule has 7 heteroatoms. The van der Waals surface area contributed by atoms with E-state index in [4.69, 9.17) is 0 Å². The minimum Gasteiger partial charge on any atom is -0.283 e. The van der Waals surface area contributed by atoms with Crippen molar-refractivity contribution in [1.29, 1.82) is 0 Å². The fraction of sp³-hybridized carbons (Fsp3) is 0. The van der Waals surface area contributed by atoms with E-state index in [1.54, 1.807) is 24.7 Å². The Bertz CT molecular complexity index is 639. The maximum Gasteiger partial charge on any atom is 0.204 e. The van der Waals surface area contributed by atoms with Gasteiger partial charge in [-0.05, 0) is 12.1 Å². The molecule has 3 aromatic heterocycles. The molecule has 0 atom stereocenters. The van der Waals surface area contributed by atoms with Crippen molar-refractivity contribution in [2.45, 2.75) is 0 Å². The topological polar surface area (TPSA) is 95.0 Å². The molecule has 3 heterocycles. The van der Waals surface area contributed by atoms with Gasteiger partial charge in [0.1, 0.15) is 0 Å². The first-order valence-electron chi connectivity index (χ1n) is 5.30. The summed E-state index contributed by atoms with van der Waals surface area (Å²) in [5.41, 5.74) is 1.59. The lowest BCUT2D eigenvalue weighted by molar-refractivity contribution is 1.02. The number of nitrogens with one attached hydrogen (secondary N) is 2. The molecule has 0 unspecified atom stereocenters. The van der Waals surface area contributed by atoms with Crippen LogP contribution in [-0.4, -0.2) is 25.4 Å². The standard InChI is InChI=1S/C11H9N7/c1-2-5-12-9(3-1)8-7-14-17-11(8)18-16-10-4-6-13-15-10/h1-7H,(H,13,15)(H,14,17). The van der Waals surface area contributed by atoms with E-state index < -0.39 is 0 Å². The molecule has 0 aromatic carbocycles. The molecule has 18 heavy (non-hydrogen) atoms. The van der Waals surface area contributed by atoms with Crippen molar-refractivity contribution in [3.8, 4) is 11.3 Å². The van der Waals surface area contributed by atoms with Gasteiger partial charge in [0.25, 0.3) is 0 Å². The zero-order valence-electron chi connectivity index (χ0n) is 9.28. The van der Waals surface area contributed by atoms with Crippen LogP contribution in [0.5, 0.6) is 0 Å². The number of hydrogen-bond acceptors (Lipinski definition) is 5. The molecule has 0 aliphatic rings. The second-order valence-corrected chi connectivity index (χ2v) is 3.47. The summed E-state index contributed by atoms with van der Waals surface area (Å²) >= 11 is 0. The molecule has 0 saturated carbocycles. The molecular formula is C11H9N7. The number of aromatic amines is 2. The molecule has 0 spiro atoms. The van der Waals surface area contributed by atoms with Gasteiger partial charge in [-0.2, -0.15) is 10.2 Å². The SMILES string of the molecule is c1ccc(-c2c[nH]nc2N=Nc2cc[nH]n2)nc1. The molecule has 3 rings (SSSR count). The third-order valence-corrected chi connectivity index (χ3v) is 2.29. The molecule has 2 N–H and O–H groups in total. The quantitative estimate of drug-likeness (QED) is 0.687. The van der Waals surface area contributed by atoms with E-state index in [-0.39, 0.29) is 0 Å². The van der Waals surface area contributed by atoms with Gasteiger partial charge in [0.05, 0.1) is 11.3 Å². The average Bonchev–Trinajstić information content (AvgIpc) is 3.09. The van der Waals surface area contributed by atoms with Crippen LogP contribution in [0.3, 0.4) is 0 Å². The number of hydrogen-bond donors (Lipinski definition) is 2. The highest BCUT2D eigenvalue weighted by molar-refractivity contribution is 5.69. The summed E-state index contributed by atoms with van der Waals surface area (Å²) in [4.78, 5) is 4.24. The van der Waals surface area contributed by atoms with Gasteiger partial charge in [-0.25, -0.2) is 0 Å². The van der Waals surface area contributed by atoms with Crippen LogP contribution in [0.25, 0.3) is 11.3 Å². The number of pyridine rings is 1. The van der Waals surface area contributed by atoms with E-state index >= 15 is 0 Å². The summed E-state index contributed by atoms with van der Waals surface area (Å²) in [6.07, 6.45) is 5.14. The largest absolute Gasteiger partial charge is 0.283 e. The molecule has 3 aromatic rings. The summed E-state index contributed by atoms with van der Waals surface area (Å²) in [5, 5.41) is 21.3. The molecule has 0 aliphatic heterocycles. The number of H-pyrrole nitrogens is 2. The molecule has 0 saturated heterocycles. The first kappa shape index (κ1) is 10.3. The highest BCUT2D eigenvalue weighted by atomic mass is 15.3. The van der Waals surface area contributed by atoms with Gasteiger partial charge >= 0.3 is 0 Å². The van der Waals surface area contributed by atoms with E-state index in [0.717, 1.165) is 11.3 Å². The van der Waals surface area contributed by atoms with E-state index in [1.807, 2.05) is 18.2 Å². The Morgan fingerprint density at radius 1 is 1.00 bits per heavy atom. The van der Waals surface area contributed by atoms with Gasteiger partial charge in [-0.15, -0.1) is 10.2 Å². The number of nitrogens with zero attached hydrogens (tertiary/aromatic N) is 5. The minimum absolute atomic E-state index is 0.483. The lowest BCUT2D eigenvalue weighted by Gasteiger charge is -1.95. The summed E-state index contributed by atoms with van der Waals surface area (Å²) in [6.45, 7) is 0. The zero-order chi connectivity index (χ0) is 12.2. The Hall–Kier alpha value is -2.83. The molecule has 7 nitrogen and oxygen atoms in total. The Morgan fingerprint density at radius 2 is 2.00 bits per heavy atom. The normalized spacial score (nSPS) is 11.1. The van der Waals surface area contributed by atoms with Gasteiger partial charge < -0.3 is 0 Å². The average molecular weight is 239 g/mol. The number of rotatable bonds is 3. The summed E-state index contributed by atoms with van der Waals surface area (Å²) in [6, 6.07) is 7.37. The molecule has 0 radical (unpaired) electrons. The number of azo groups is 1. The van der Waals surface area contributed by atoms with Crippen molar-refractivity contribution in [3.05, 3.63) is 42.9 Å². The third kappa shape index (κ3) is 2.01. The first-order valence-corrected chi connectivity index (χ1v) is 5.30. The van der Waals surface area contributed by atoms with Crippen LogP contribution in [-0.2, 0) is 0 Å². The predicted octanol–water partition coefficient (Wildman–Crippen LogP) is 2.61. The Kier molecular flexibility index (Phi) is 2.63. The van der Waals surface area contributed by atoms with Crippen molar-refractivity contribution in [2.24, 2.45) is 10.2 Å². The lowest BCUT2D eigenvalue weighted by Crippen LogP contribution is -1.79. The van der Waals surface area contributed by atoms with E-state index in [9.17, 15) is 0 Å². The molecule has 0 bridgehead atoms. The Morgan fingerprint density at radius 3 is 2.78 bits per heavy atom. The minimum atomic E-state index is 0.483. The van der Waals surface area contributed by atoms with E-state index in [2.05, 4.69) is 35.6 Å². The highest BCUT2D eigenvalue weighted by Gasteiger charge is 2.08. The van der Waals surface area contributed by atoms with Crippen LogP contribution < -0.4 is 0 Å². The van der Waals surface area contributed by atoms with E-state index in [0.29, 0.717) is 11.6 Å². The van der Waals surface area contributed by atoms with Gasteiger partial charge in [-0.3, -0.25) is 15.2 Å². The van der Waals surface area contributed by atoms with Crippen molar-refractivity contribution >= 4 is 11.6 Å². The zero-order valence-corrected chi connectivity index (χ0v) is 9.28. The van der Waals surface area contributed by atoms with Gasteiger partial charge in [0.2, 0.25) is 5.82 Å². The second kappa shape index (κ2) is 4.58. The first-order chi connectivity index (χ1) is 8.93. The Labute approximate surface area is 102 Å². The molecule has 0 amide bonds. The van der Waals surface area contributed by atoms with Crippen LogP contribution in [0.4, 0.5) is 11.6 Å². The van der Waals surface area contributed by atoms with Gasteiger partial charge in [0.15, 0.2) is 5.82 Å². The monoisotopic (exact) mass is 239 g/mol. The molecular weight excluding hydrogens is 230 g/mol. The lowest BCUT2D eigenvalue weighted by atomic mass is 10.2. The van der Waals surface area contributed by atoms with Crippen molar-refractivity contribution < 1.29 is 0 Å². The van der Waals surface area contributed by atoms with Gasteiger partial charge in [-0.1, -0.05) is 6.07 Å².